The Morgan fingerprint density at radius 1 is 1.00 bits per heavy atom. The first kappa shape index (κ1) is 14.3. The molecule has 0 saturated carbocycles. The SMILES string of the molecule is CCc1ccccc1C(Br)c1cc(Br)ccc1Br. The van der Waals surface area contributed by atoms with E-state index in [0.29, 0.717) is 0 Å². The highest BCUT2D eigenvalue weighted by Crippen LogP contribution is 2.38. The molecule has 0 aliphatic carbocycles. The molecule has 0 spiro atoms. The van der Waals surface area contributed by atoms with Crippen molar-refractivity contribution in [1.82, 2.24) is 0 Å². The van der Waals surface area contributed by atoms with E-state index in [1.165, 1.54) is 16.7 Å². The smallest absolute Gasteiger partial charge is 0.0658 e. The molecule has 0 radical (unpaired) electrons. The van der Waals surface area contributed by atoms with Crippen LogP contribution in [0.4, 0.5) is 0 Å². The van der Waals surface area contributed by atoms with Crippen molar-refractivity contribution in [2.24, 2.45) is 0 Å². The summed E-state index contributed by atoms with van der Waals surface area (Å²) in [5, 5.41) is 0. The maximum Gasteiger partial charge on any atom is 0.0658 e. The van der Waals surface area contributed by atoms with E-state index in [1.54, 1.807) is 0 Å². The molecule has 0 bridgehead atoms. The molecule has 18 heavy (non-hydrogen) atoms. The summed E-state index contributed by atoms with van der Waals surface area (Å²) >= 11 is 11.0. The first-order chi connectivity index (χ1) is 8.63. The van der Waals surface area contributed by atoms with Crippen LogP contribution in [0.25, 0.3) is 0 Å². The number of alkyl halides is 1. The number of rotatable bonds is 3. The van der Waals surface area contributed by atoms with Crippen LogP contribution in [0, 0.1) is 0 Å². The zero-order valence-corrected chi connectivity index (χ0v) is 14.7. The van der Waals surface area contributed by atoms with E-state index in [0.717, 1.165) is 15.4 Å². The van der Waals surface area contributed by atoms with Gasteiger partial charge in [0.05, 0.1) is 4.83 Å². The Morgan fingerprint density at radius 3 is 2.44 bits per heavy atom. The lowest BCUT2D eigenvalue weighted by molar-refractivity contribution is 1.05. The minimum Gasteiger partial charge on any atom is -0.0786 e. The van der Waals surface area contributed by atoms with Crippen LogP contribution in [0.2, 0.25) is 0 Å². The van der Waals surface area contributed by atoms with E-state index < -0.39 is 0 Å². The van der Waals surface area contributed by atoms with E-state index in [9.17, 15) is 0 Å². The van der Waals surface area contributed by atoms with Gasteiger partial charge in [0, 0.05) is 8.95 Å². The lowest BCUT2D eigenvalue weighted by Crippen LogP contribution is -1.98. The van der Waals surface area contributed by atoms with Crippen molar-refractivity contribution in [2.75, 3.05) is 0 Å². The van der Waals surface area contributed by atoms with E-state index >= 15 is 0 Å². The molecule has 2 rings (SSSR count). The Kier molecular flexibility index (Phi) is 5.05. The lowest BCUT2D eigenvalue weighted by Gasteiger charge is -2.16. The predicted octanol–water partition coefficient (Wildman–Crippen LogP) is 6.26. The standard InChI is InChI=1S/C15H13Br3/c1-2-10-5-3-4-6-12(10)15(18)13-9-11(16)7-8-14(13)17/h3-9,15H,2H2,1H3. The van der Waals surface area contributed by atoms with Gasteiger partial charge in [0.25, 0.3) is 0 Å². The predicted molar refractivity (Wildman–Crippen MR) is 88.4 cm³/mol. The van der Waals surface area contributed by atoms with Crippen LogP contribution in [-0.2, 0) is 6.42 Å². The monoisotopic (exact) mass is 430 g/mol. The van der Waals surface area contributed by atoms with Crippen LogP contribution >= 0.6 is 47.8 Å². The Labute approximate surface area is 133 Å². The van der Waals surface area contributed by atoms with Gasteiger partial charge in [0.1, 0.15) is 0 Å². The van der Waals surface area contributed by atoms with Crippen LogP contribution in [-0.4, -0.2) is 0 Å². The van der Waals surface area contributed by atoms with E-state index in [-0.39, 0.29) is 4.83 Å². The van der Waals surface area contributed by atoms with Gasteiger partial charge in [-0.25, -0.2) is 0 Å². The van der Waals surface area contributed by atoms with E-state index in [4.69, 9.17) is 0 Å². The number of aryl methyl sites for hydroxylation is 1. The molecule has 1 atom stereocenters. The fourth-order valence-electron chi connectivity index (χ4n) is 1.98. The molecule has 94 valence electrons. The quantitative estimate of drug-likeness (QED) is 0.502. The van der Waals surface area contributed by atoms with Gasteiger partial charge in [-0.05, 0) is 41.3 Å². The van der Waals surface area contributed by atoms with Crippen LogP contribution in [0.15, 0.2) is 51.4 Å². The topological polar surface area (TPSA) is 0 Å². The van der Waals surface area contributed by atoms with E-state index in [1.807, 2.05) is 6.07 Å². The van der Waals surface area contributed by atoms with Crippen molar-refractivity contribution in [2.45, 2.75) is 18.2 Å². The van der Waals surface area contributed by atoms with Crippen molar-refractivity contribution in [3.63, 3.8) is 0 Å². The summed E-state index contributed by atoms with van der Waals surface area (Å²) < 4.78 is 2.22. The fraction of sp³-hybridized carbons (Fsp3) is 0.200. The van der Waals surface area contributed by atoms with Crippen LogP contribution in [0.1, 0.15) is 28.4 Å². The Hall–Kier alpha value is -0.120. The molecule has 0 saturated heterocycles. The minimum atomic E-state index is 0.209. The minimum absolute atomic E-state index is 0.209. The summed E-state index contributed by atoms with van der Waals surface area (Å²) in [5.74, 6) is 0. The molecule has 0 nitrogen and oxygen atoms in total. The van der Waals surface area contributed by atoms with Crippen molar-refractivity contribution in [3.05, 3.63) is 68.1 Å². The molecule has 0 aliphatic rings. The van der Waals surface area contributed by atoms with Crippen LogP contribution in [0.3, 0.4) is 0 Å². The maximum absolute atomic E-state index is 3.82. The Balaban J connectivity index is 2.47. The maximum atomic E-state index is 3.82. The number of hydrogen-bond acceptors (Lipinski definition) is 0. The highest BCUT2D eigenvalue weighted by atomic mass is 79.9. The molecule has 2 aromatic rings. The summed E-state index contributed by atoms with van der Waals surface area (Å²) in [7, 11) is 0. The molecule has 3 heteroatoms. The third-order valence-electron chi connectivity index (χ3n) is 2.94. The van der Waals surface area contributed by atoms with Gasteiger partial charge in [-0.2, -0.15) is 0 Å². The van der Waals surface area contributed by atoms with Gasteiger partial charge < -0.3 is 0 Å². The molecule has 0 N–H and O–H groups in total. The molecule has 0 amide bonds. The van der Waals surface area contributed by atoms with Gasteiger partial charge >= 0.3 is 0 Å². The van der Waals surface area contributed by atoms with Crippen molar-refractivity contribution < 1.29 is 0 Å². The second-order valence-corrected chi connectivity index (χ2v) is 6.77. The van der Waals surface area contributed by atoms with Gasteiger partial charge in [0.2, 0.25) is 0 Å². The van der Waals surface area contributed by atoms with Gasteiger partial charge in [0.15, 0.2) is 0 Å². The normalized spacial score (nSPS) is 12.4. The number of benzene rings is 2. The molecule has 0 aliphatic heterocycles. The second-order valence-electron chi connectivity index (χ2n) is 4.08. The largest absolute Gasteiger partial charge is 0.0786 e. The summed E-state index contributed by atoms with van der Waals surface area (Å²) in [6.07, 6.45) is 1.05. The van der Waals surface area contributed by atoms with Crippen molar-refractivity contribution in [1.29, 1.82) is 0 Å². The zero-order chi connectivity index (χ0) is 13.1. The highest BCUT2D eigenvalue weighted by Gasteiger charge is 2.16. The second kappa shape index (κ2) is 6.36. The molecular weight excluding hydrogens is 420 g/mol. The average molecular weight is 433 g/mol. The molecule has 0 aromatic heterocycles. The average Bonchev–Trinajstić information content (AvgIpc) is 2.40. The zero-order valence-electron chi connectivity index (χ0n) is 9.96. The lowest BCUT2D eigenvalue weighted by atomic mass is 9.98. The fourth-order valence-corrected chi connectivity index (χ4v) is 3.97. The molecule has 0 fully saturated rings. The van der Waals surface area contributed by atoms with Crippen LogP contribution in [0.5, 0.6) is 0 Å². The van der Waals surface area contributed by atoms with Crippen LogP contribution < -0.4 is 0 Å². The first-order valence-corrected chi connectivity index (χ1v) is 8.30. The Bertz CT molecular complexity index is 549. The third-order valence-corrected chi connectivity index (χ3v) is 5.14. The summed E-state index contributed by atoms with van der Waals surface area (Å²) in [5.41, 5.74) is 3.95. The number of halogens is 3. The van der Waals surface area contributed by atoms with Crippen molar-refractivity contribution >= 4 is 47.8 Å². The highest BCUT2D eigenvalue weighted by molar-refractivity contribution is 9.11. The molecule has 0 heterocycles. The van der Waals surface area contributed by atoms with Gasteiger partial charge in [-0.1, -0.05) is 79.0 Å². The molecule has 1 unspecified atom stereocenters. The summed E-state index contributed by atoms with van der Waals surface area (Å²) in [6.45, 7) is 2.19. The van der Waals surface area contributed by atoms with Crippen molar-refractivity contribution in [3.8, 4) is 0 Å². The van der Waals surface area contributed by atoms with E-state index in [2.05, 4.69) is 91.1 Å². The summed E-state index contributed by atoms with van der Waals surface area (Å²) in [6, 6.07) is 14.8. The Morgan fingerprint density at radius 2 is 1.72 bits per heavy atom. The summed E-state index contributed by atoms with van der Waals surface area (Å²) in [4.78, 5) is 0.209. The molecular formula is C15H13Br3. The molecule has 2 aromatic carbocycles. The van der Waals surface area contributed by atoms with Gasteiger partial charge in [-0.3, -0.25) is 0 Å². The first-order valence-electron chi connectivity index (χ1n) is 5.80. The number of hydrogen-bond donors (Lipinski definition) is 0. The van der Waals surface area contributed by atoms with Gasteiger partial charge in [-0.15, -0.1) is 0 Å². The third kappa shape index (κ3) is 3.06.